The van der Waals surface area contributed by atoms with Crippen molar-refractivity contribution in [2.45, 2.75) is 58.3 Å². The Morgan fingerprint density at radius 2 is 1.72 bits per heavy atom. The molecule has 0 aliphatic carbocycles. The highest BCUT2D eigenvalue weighted by Crippen LogP contribution is 2.06. The summed E-state index contributed by atoms with van der Waals surface area (Å²) in [5, 5.41) is 3.01. The number of nitrogens with two attached hydrogens (primary N) is 1. The van der Waals surface area contributed by atoms with Crippen molar-refractivity contribution in [3.05, 3.63) is 0 Å². The van der Waals surface area contributed by atoms with Crippen molar-refractivity contribution >= 4 is 5.97 Å². The number of unbranched alkanes of at least 4 members (excludes halogenated alkanes) is 6. The van der Waals surface area contributed by atoms with E-state index in [9.17, 15) is 4.79 Å². The van der Waals surface area contributed by atoms with Crippen LogP contribution >= 0.6 is 0 Å². The number of hydrogen-bond acceptors (Lipinski definition) is 4. The number of carbonyl (C=O) groups is 1. The maximum absolute atomic E-state index is 11.3. The molecule has 0 aliphatic heterocycles. The first-order valence-corrected chi connectivity index (χ1v) is 7.37. The molecule has 0 aromatic heterocycles. The van der Waals surface area contributed by atoms with Gasteiger partial charge < -0.3 is 15.8 Å². The third-order valence-corrected chi connectivity index (χ3v) is 2.84. The fraction of sp³-hybridized carbons (Fsp3) is 0.929. The topological polar surface area (TPSA) is 64.3 Å². The van der Waals surface area contributed by atoms with E-state index in [2.05, 4.69) is 12.2 Å². The summed E-state index contributed by atoms with van der Waals surface area (Å²) >= 11 is 0. The minimum atomic E-state index is -0.155. The molecule has 0 bridgehead atoms. The first-order chi connectivity index (χ1) is 8.81. The van der Waals surface area contributed by atoms with Crippen LogP contribution in [0.15, 0.2) is 0 Å². The number of ether oxygens (including phenoxy) is 1. The largest absolute Gasteiger partial charge is 0.465 e. The van der Waals surface area contributed by atoms with Crippen LogP contribution in [0.5, 0.6) is 0 Å². The van der Waals surface area contributed by atoms with Gasteiger partial charge in [-0.15, -0.1) is 0 Å². The average molecular weight is 258 g/mol. The molecule has 0 heterocycles. The highest BCUT2D eigenvalue weighted by atomic mass is 16.5. The second-order valence-electron chi connectivity index (χ2n) is 4.66. The van der Waals surface area contributed by atoms with Crippen LogP contribution in [0.1, 0.15) is 58.3 Å². The van der Waals surface area contributed by atoms with Gasteiger partial charge in [0.25, 0.3) is 0 Å². The molecular weight excluding hydrogens is 228 g/mol. The van der Waals surface area contributed by atoms with Crippen LogP contribution in [0.3, 0.4) is 0 Å². The van der Waals surface area contributed by atoms with Gasteiger partial charge in [0.15, 0.2) is 0 Å². The maximum Gasteiger partial charge on any atom is 0.319 e. The van der Waals surface area contributed by atoms with E-state index in [1.165, 1.54) is 32.1 Å². The van der Waals surface area contributed by atoms with E-state index in [0.717, 1.165) is 25.8 Å². The summed E-state index contributed by atoms with van der Waals surface area (Å²) in [5.41, 5.74) is 5.35. The predicted octanol–water partition coefficient (Wildman–Crippen LogP) is 2.22. The monoisotopic (exact) mass is 258 g/mol. The molecule has 0 spiro atoms. The Balaban J connectivity index is 3.10. The molecule has 4 heteroatoms. The van der Waals surface area contributed by atoms with Crippen molar-refractivity contribution < 1.29 is 9.53 Å². The lowest BCUT2D eigenvalue weighted by Crippen LogP contribution is -2.27. The Bertz CT molecular complexity index is 187. The van der Waals surface area contributed by atoms with Gasteiger partial charge in [-0.3, -0.25) is 4.79 Å². The highest BCUT2D eigenvalue weighted by molar-refractivity contribution is 5.71. The Kier molecular flexibility index (Phi) is 14.0. The molecule has 0 radical (unpaired) electrons. The minimum Gasteiger partial charge on any atom is -0.465 e. The molecule has 0 unspecified atom stereocenters. The van der Waals surface area contributed by atoms with Gasteiger partial charge in [-0.1, -0.05) is 45.4 Å². The number of esters is 1. The molecule has 18 heavy (non-hydrogen) atoms. The van der Waals surface area contributed by atoms with Crippen molar-refractivity contribution in [3.63, 3.8) is 0 Å². The van der Waals surface area contributed by atoms with Crippen LogP contribution in [-0.4, -0.2) is 32.2 Å². The SMILES string of the molecule is CCCCCCCCCOC(=O)CNCCCN. The molecular formula is C14H30N2O2. The van der Waals surface area contributed by atoms with Gasteiger partial charge in [-0.25, -0.2) is 0 Å². The standard InChI is InChI=1S/C14H30N2O2/c1-2-3-4-5-6-7-8-12-18-14(17)13-16-11-9-10-15/h16H,2-13,15H2,1H3. The quantitative estimate of drug-likeness (QED) is 0.393. The fourth-order valence-electron chi connectivity index (χ4n) is 1.71. The third kappa shape index (κ3) is 13.5. The average Bonchev–Trinajstić information content (AvgIpc) is 2.38. The lowest BCUT2D eigenvalue weighted by atomic mass is 10.1. The lowest BCUT2D eigenvalue weighted by molar-refractivity contribution is -0.142. The van der Waals surface area contributed by atoms with E-state index in [0.29, 0.717) is 19.7 Å². The molecule has 0 aliphatic rings. The Morgan fingerprint density at radius 3 is 2.39 bits per heavy atom. The Morgan fingerprint density at radius 1 is 1.06 bits per heavy atom. The first-order valence-electron chi connectivity index (χ1n) is 7.37. The van der Waals surface area contributed by atoms with E-state index < -0.39 is 0 Å². The molecule has 0 aromatic carbocycles. The normalized spacial score (nSPS) is 10.6. The molecule has 4 nitrogen and oxygen atoms in total. The zero-order valence-corrected chi connectivity index (χ0v) is 11.9. The molecule has 0 aromatic rings. The molecule has 0 saturated carbocycles. The van der Waals surface area contributed by atoms with Crippen molar-refractivity contribution in [2.75, 3.05) is 26.2 Å². The molecule has 0 saturated heterocycles. The molecule has 3 N–H and O–H groups in total. The van der Waals surface area contributed by atoms with Crippen LogP contribution in [0.2, 0.25) is 0 Å². The first kappa shape index (κ1) is 17.4. The summed E-state index contributed by atoms with van der Waals surface area (Å²) < 4.78 is 5.12. The zero-order chi connectivity index (χ0) is 13.5. The molecule has 0 rings (SSSR count). The number of rotatable bonds is 13. The summed E-state index contributed by atoms with van der Waals surface area (Å²) in [7, 11) is 0. The number of nitrogens with one attached hydrogen (secondary N) is 1. The summed E-state index contributed by atoms with van der Waals surface area (Å²) in [6.45, 7) is 4.52. The van der Waals surface area contributed by atoms with Crippen LogP contribution in [0, 0.1) is 0 Å². The summed E-state index contributed by atoms with van der Waals surface area (Å²) in [6, 6.07) is 0. The van der Waals surface area contributed by atoms with Gasteiger partial charge in [-0.2, -0.15) is 0 Å². The van der Waals surface area contributed by atoms with Gasteiger partial charge in [0.1, 0.15) is 0 Å². The third-order valence-electron chi connectivity index (χ3n) is 2.84. The predicted molar refractivity (Wildman–Crippen MR) is 75.5 cm³/mol. The van der Waals surface area contributed by atoms with Crippen LogP contribution < -0.4 is 11.1 Å². The Labute approximate surface area is 112 Å². The zero-order valence-electron chi connectivity index (χ0n) is 11.9. The van der Waals surface area contributed by atoms with Gasteiger partial charge in [-0.05, 0) is 25.9 Å². The van der Waals surface area contributed by atoms with Gasteiger partial charge >= 0.3 is 5.97 Å². The van der Waals surface area contributed by atoms with E-state index in [1.807, 2.05) is 0 Å². The van der Waals surface area contributed by atoms with Gasteiger partial charge in [0, 0.05) is 0 Å². The molecule has 0 atom stereocenters. The van der Waals surface area contributed by atoms with Crippen LogP contribution in [0.25, 0.3) is 0 Å². The lowest BCUT2D eigenvalue weighted by Gasteiger charge is -2.06. The van der Waals surface area contributed by atoms with Crippen molar-refractivity contribution in [2.24, 2.45) is 5.73 Å². The van der Waals surface area contributed by atoms with Gasteiger partial charge in [0.2, 0.25) is 0 Å². The van der Waals surface area contributed by atoms with E-state index in [1.54, 1.807) is 0 Å². The van der Waals surface area contributed by atoms with Crippen LogP contribution in [0.4, 0.5) is 0 Å². The highest BCUT2D eigenvalue weighted by Gasteiger charge is 2.00. The van der Waals surface area contributed by atoms with Crippen molar-refractivity contribution in [1.29, 1.82) is 0 Å². The number of carbonyl (C=O) groups excluding carboxylic acids is 1. The van der Waals surface area contributed by atoms with E-state index in [-0.39, 0.29) is 5.97 Å². The Hall–Kier alpha value is -0.610. The molecule has 0 fully saturated rings. The number of hydrogen-bond donors (Lipinski definition) is 2. The van der Waals surface area contributed by atoms with Crippen molar-refractivity contribution in [1.82, 2.24) is 5.32 Å². The summed E-state index contributed by atoms with van der Waals surface area (Å²) in [5.74, 6) is -0.155. The minimum absolute atomic E-state index is 0.155. The van der Waals surface area contributed by atoms with Crippen molar-refractivity contribution in [3.8, 4) is 0 Å². The van der Waals surface area contributed by atoms with Crippen LogP contribution in [-0.2, 0) is 9.53 Å². The summed E-state index contributed by atoms with van der Waals surface area (Å²) in [4.78, 5) is 11.3. The van der Waals surface area contributed by atoms with E-state index in [4.69, 9.17) is 10.5 Å². The second kappa shape index (κ2) is 14.5. The maximum atomic E-state index is 11.3. The second-order valence-corrected chi connectivity index (χ2v) is 4.66. The smallest absolute Gasteiger partial charge is 0.319 e. The molecule has 0 amide bonds. The van der Waals surface area contributed by atoms with E-state index >= 15 is 0 Å². The fourth-order valence-corrected chi connectivity index (χ4v) is 1.71. The molecule has 108 valence electrons. The summed E-state index contributed by atoms with van der Waals surface area (Å²) in [6.07, 6.45) is 9.57. The van der Waals surface area contributed by atoms with Gasteiger partial charge in [0.05, 0.1) is 13.2 Å².